The molecule has 4 rings (SSSR count). The maximum absolute atomic E-state index is 10.5. The molecule has 246 valence electrons. The summed E-state index contributed by atoms with van der Waals surface area (Å²) in [6, 6.07) is 0.882. The van der Waals surface area contributed by atoms with Gasteiger partial charge in [-0.25, -0.2) is 0 Å². The molecule has 0 aliphatic carbocycles. The van der Waals surface area contributed by atoms with Gasteiger partial charge in [-0.3, -0.25) is 36.9 Å². The molecule has 4 heterocycles. The summed E-state index contributed by atoms with van der Waals surface area (Å²) in [6.07, 6.45) is 7.28. The second-order valence-electron chi connectivity index (χ2n) is 10.3. The molecule has 1 unspecified atom stereocenters. The molecular weight excluding hydrogens is 558 g/mol. The van der Waals surface area contributed by atoms with Crippen molar-refractivity contribution in [3.63, 3.8) is 0 Å². The van der Waals surface area contributed by atoms with E-state index in [9.17, 15) is 14.4 Å². The Morgan fingerprint density at radius 3 is 1.63 bits per heavy atom. The van der Waals surface area contributed by atoms with Crippen molar-refractivity contribution in [2.45, 2.75) is 97.2 Å². The van der Waals surface area contributed by atoms with Crippen molar-refractivity contribution < 1.29 is 38.1 Å². The number of nitrogens with one attached hydrogen (secondary N) is 2. The highest BCUT2D eigenvalue weighted by molar-refractivity contribution is 5.85. The first-order valence-corrected chi connectivity index (χ1v) is 13.8. The summed E-state index contributed by atoms with van der Waals surface area (Å²) in [7, 11) is 0. The second-order valence-corrected chi connectivity index (χ2v) is 10.3. The van der Waals surface area contributed by atoms with Crippen LogP contribution >= 0.6 is 12.4 Å². The fraction of sp³-hybridized carbons (Fsp3) is 0.889. The summed E-state index contributed by atoms with van der Waals surface area (Å²) in [4.78, 5) is 31.2. The van der Waals surface area contributed by atoms with Crippen molar-refractivity contribution in [2.75, 3.05) is 59.4 Å². The molecule has 41 heavy (non-hydrogen) atoms. The van der Waals surface area contributed by atoms with Crippen LogP contribution in [0.3, 0.4) is 0 Å². The van der Waals surface area contributed by atoms with Gasteiger partial charge in [0, 0.05) is 57.8 Å². The van der Waals surface area contributed by atoms with Gasteiger partial charge in [-0.2, -0.15) is 0 Å². The van der Waals surface area contributed by atoms with Gasteiger partial charge in [-0.05, 0) is 52.9 Å². The minimum absolute atomic E-state index is 0. The van der Waals surface area contributed by atoms with Crippen LogP contribution in [-0.2, 0) is 38.1 Å². The lowest BCUT2D eigenvalue weighted by Crippen LogP contribution is -2.40. The maximum atomic E-state index is 10.5. The number of hydrazine groups is 2. The highest BCUT2D eigenvalue weighted by Crippen LogP contribution is 2.06. The third kappa shape index (κ3) is 30.0. The lowest BCUT2D eigenvalue weighted by molar-refractivity contribution is -0.152. The van der Waals surface area contributed by atoms with Crippen LogP contribution in [-0.4, -0.2) is 94.6 Å². The van der Waals surface area contributed by atoms with E-state index >= 15 is 0 Å². The molecule has 4 aliphatic rings. The molecule has 0 saturated carbocycles. The summed E-state index contributed by atoms with van der Waals surface area (Å²) in [6.45, 7) is 11.2. The van der Waals surface area contributed by atoms with E-state index in [-0.39, 0.29) is 38.1 Å². The van der Waals surface area contributed by atoms with Gasteiger partial charge in [0.1, 0.15) is 18.0 Å². The van der Waals surface area contributed by atoms with Crippen LogP contribution in [0.4, 0.5) is 0 Å². The van der Waals surface area contributed by atoms with Gasteiger partial charge in [-0.1, -0.05) is 7.43 Å². The van der Waals surface area contributed by atoms with E-state index < -0.39 is 5.60 Å². The average molecular weight is 616 g/mol. The van der Waals surface area contributed by atoms with Gasteiger partial charge < -0.3 is 29.4 Å². The van der Waals surface area contributed by atoms with Crippen LogP contribution in [0, 0.1) is 0 Å². The Morgan fingerprint density at radius 1 is 0.805 bits per heavy atom. The van der Waals surface area contributed by atoms with Crippen LogP contribution in [0.2, 0.25) is 0 Å². The third-order valence-corrected chi connectivity index (χ3v) is 5.50. The fourth-order valence-corrected chi connectivity index (χ4v) is 3.35. The Morgan fingerprint density at radius 2 is 1.37 bits per heavy atom. The molecule has 4 aliphatic heterocycles. The van der Waals surface area contributed by atoms with E-state index in [1.165, 1.54) is 0 Å². The predicted molar refractivity (Wildman–Crippen MR) is 161 cm³/mol. The van der Waals surface area contributed by atoms with E-state index in [4.69, 9.17) is 41.1 Å². The van der Waals surface area contributed by atoms with Gasteiger partial charge in [0.15, 0.2) is 5.78 Å². The fourth-order valence-electron chi connectivity index (χ4n) is 3.35. The largest absolute Gasteiger partial charge is 0.459 e. The molecule has 13 nitrogen and oxygen atoms in total. The number of ether oxygens (including phenoxy) is 5. The van der Waals surface area contributed by atoms with Crippen LogP contribution in [0.25, 0.3) is 0 Å². The monoisotopic (exact) mass is 615 g/mol. The molecule has 0 aromatic carbocycles. The second kappa shape index (κ2) is 28.8. The number of hydrogen-bond acceptors (Lipinski definition) is 13. The number of Topliss-reactive ketones (excluding diaryl/α,β-unsaturated/α-hetero) is 2. The lowest BCUT2D eigenvalue weighted by Gasteiger charge is -2.20. The topological polar surface area (TPSA) is 199 Å². The predicted octanol–water partition coefficient (Wildman–Crippen LogP) is 1.33. The first-order valence-electron chi connectivity index (χ1n) is 13.8. The molecule has 14 heteroatoms. The zero-order valence-corrected chi connectivity index (χ0v) is 25.4. The number of esters is 1. The number of ketones is 2. The summed E-state index contributed by atoms with van der Waals surface area (Å²) in [5, 5.41) is 0. The molecule has 0 bridgehead atoms. The van der Waals surface area contributed by atoms with Crippen LogP contribution in [0.5, 0.6) is 0 Å². The first kappa shape index (κ1) is 44.2. The van der Waals surface area contributed by atoms with Crippen molar-refractivity contribution in [1.29, 1.82) is 0 Å². The highest BCUT2D eigenvalue weighted by Gasteiger charge is 2.14. The van der Waals surface area contributed by atoms with Crippen LogP contribution in [0.1, 0.15) is 79.6 Å². The Hall–Kier alpha value is -1.26. The molecule has 0 aromatic heterocycles. The quantitative estimate of drug-likeness (QED) is 0.173. The lowest BCUT2D eigenvalue weighted by atomic mass is 10.1. The smallest absolute Gasteiger partial charge is 0.320 e. The standard InChI is InChI=1S/C6H13NO2.2C5H12N2O.2C5H8O2.CH4.ClH/c1-6(2,3)9-5(8)4-7;6-7-5-1-3-8-4-2-5;6-7-5-2-1-3-8-4-5;6-5-1-3-7-4-2-5;6-5-2-1-3-7-4-5;;/h4,7H2,1-3H3;2*5,7H,1-4,6H2;2*1-4H2;1H4;1H. The maximum Gasteiger partial charge on any atom is 0.320 e. The van der Waals surface area contributed by atoms with Gasteiger partial charge in [-0.15, -0.1) is 12.4 Å². The Kier molecular flexibility index (Phi) is 31.1. The normalized spacial score (nSPS) is 20.7. The van der Waals surface area contributed by atoms with E-state index in [2.05, 4.69) is 10.9 Å². The number of halogens is 1. The molecule has 0 aromatic rings. The Balaban J connectivity index is -0.000000436. The van der Waals surface area contributed by atoms with Gasteiger partial charge >= 0.3 is 5.97 Å². The molecule has 0 amide bonds. The molecule has 4 saturated heterocycles. The third-order valence-electron chi connectivity index (χ3n) is 5.50. The van der Waals surface area contributed by atoms with Gasteiger partial charge in [0.05, 0.1) is 26.4 Å². The molecule has 0 spiro atoms. The molecule has 4 fully saturated rings. The zero-order valence-electron chi connectivity index (χ0n) is 24.6. The summed E-state index contributed by atoms with van der Waals surface area (Å²) in [5.41, 5.74) is 10.0. The molecule has 0 radical (unpaired) electrons. The number of carbonyl (C=O) groups is 3. The van der Waals surface area contributed by atoms with E-state index in [0.717, 1.165) is 71.6 Å². The first-order chi connectivity index (χ1) is 18.6. The van der Waals surface area contributed by atoms with E-state index in [1.807, 2.05) is 0 Å². The van der Waals surface area contributed by atoms with Crippen molar-refractivity contribution in [3.8, 4) is 0 Å². The Labute approximate surface area is 252 Å². The van der Waals surface area contributed by atoms with Crippen molar-refractivity contribution in [3.05, 3.63) is 0 Å². The van der Waals surface area contributed by atoms with Crippen molar-refractivity contribution in [1.82, 2.24) is 10.9 Å². The van der Waals surface area contributed by atoms with Gasteiger partial charge in [0.25, 0.3) is 0 Å². The highest BCUT2D eigenvalue weighted by atomic mass is 35.5. The minimum atomic E-state index is -0.406. The average Bonchev–Trinajstić information content (AvgIpc) is 2.95. The molecular formula is C27H58ClN5O8. The SMILES string of the molecule is C.CC(C)(C)OC(=O)CN.Cl.NNC1CCCOC1.NNC1CCOCC1.O=C1CCCOC1.O=C1CCOCC1. The Bertz CT molecular complexity index is 588. The van der Waals surface area contributed by atoms with Crippen molar-refractivity contribution in [2.24, 2.45) is 17.4 Å². The van der Waals surface area contributed by atoms with Crippen LogP contribution < -0.4 is 28.3 Å². The van der Waals surface area contributed by atoms with Crippen LogP contribution in [0.15, 0.2) is 0 Å². The number of nitrogens with two attached hydrogens (primary N) is 3. The minimum Gasteiger partial charge on any atom is -0.459 e. The number of hydrogen-bond donors (Lipinski definition) is 5. The number of rotatable bonds is 3. The number of carbonyl (C=O) groups excluding carboxylic acids is 3. The molecule has 8 N–H and O–H groups in total. The molecule has 1 atom stereocenters. The summed E-state index contributed by atoms with van der Waals surface area (Å²) < 4.78 is 24.8. The summed E-state index contributed by atoms with van der Waals surface area (Å²) >= 11 is 0. The zero-order chi connectivity index (χ0) is 29.4. The van der Waals surface area contributed by atoms with Crippen molar-refractivity contribution >= 4 is 29.9 Å². The van der Waals surface area contributed by atoms with E-state index in [0.29, 0.717) is 50.5 Å². The van der Waals surface area contributed by atoms with Gasteiger partial charge in [0.2, 0.25) is 0 Å². The summed E-state index contributed by atoms with van der Waals surface area (Å²) in [5.74, 6) is 10.6. The van der Waals surface area contributed by atoms with E-state index in [1.54, 1.807) is 20.8 Å².